The van der Waals surface area contributed by atoms with Crippen molar-refractivity contribution in [2.45, 2.75) is 11.7 Å². The molecule has 1 saturated heterocycles. The minimum Gasteiger partial charge on any atom is -0.339 e. The third-order valence-electron chi connectivity index (χ3n) is 2.50. The summed E-state index contributed by atoms with van der Waals surface area (Å²) in [5, 5.41) is 5.00. The fraction of sp³-hybridized carbons (Fsp3) is 0.500. The average molecular weight is 263 g/mol. The van der Waals surface area contributed by atoms with Crippen molar-refractivity contribution in [1.29, 1.82) is 0 Å². The lowest BCUT2D eigenvalue weighted by Gasteiger charge is -2.15. The van der Waals surface area contributed by atoms with E-state index in [1.165, 1.54) is 12.4 Å². The van der Waals surface area contributed by atoms with Crippen molar-refractivity contribution in [3.8, 4) is 0 Å². The van der Waals surface area contributed by atoms with Crippen molar-refractivity contribution >= 4 is 27.6 Å². The maximum absolute atomic E-state index is 11.2. The maximum atomic E-state index is 11.2. The largest absolute Gasteiger partial charge is 0.339 e. The van der Waals surface area contributed by atoms with Gasteiger partial charge in [-0.15, -0.1) is 0 Å². The summed E-state index contributed by atoms with van der Waals surface area (Å²) in [4.78, 5) is 9.83. The van der Waals surface area contributed by atoms with Crippen LogP contribution in [0.15, 0.2) is 12.4 Å². The Labute approximate surface area is 98.5 Å². The Balaban J connectivity index is 2.12. The van der Waals surface area contributed by atoms with E-state index in [1.807, 2.05) is 0 Å². The summed E-state index contributed by atoms with van der Waals surface area (Å²) in [6.45, 7) is 0.920. The molecule has 8 heteroatoms. The Kier molecular flexibility index (Phi) is 3.00. The van der Waals surface area contributed by atoms with Gasteiger partial charge >= 0.3 is 0 Å². The van der Waals surface area contributed by atoms with Crippen molar-refractivity contribution in [3.05, 3.63) is 17.4 Å². The van der Waals surface area contributed by atoms with Crippen LogP contribution in [0.1, 0.15) is 6.42 Å². The second kappa shape index (κ2) is 4.15. The van der Waals surface area contributed by atoms with E-state index in [0.717, 1.165) is 0 Å². The molecule has 1 aromatic heterocycles. The highest BCUT2D eigenvalue weighted by Gasteiger charge is 2.31. The molecule has 88 valence electrons. The molecule has 0 saturated carbocycles. The molecule has 0 unspecified atom stereocenters. The molecule has 1 aliphatic rings. The van der Waals surface area contributed by atoms with Crippen LogP contribution in [-0.4, -0.2) is 36.7 Å². The van der Waals surface area contributed by atoms with Gasteiger partial charge in [0.2, 0.25) is 16.0 Å². The van der Waals surface area contributed by atoms with E-state index >= 15 is 0 Å². The summed E-state index contributed by atoms with van der Waals surface area (Å²) in [6.07, 6.45) is 3.47. The van der Waals surface area contributed by atoms with Gasteiger partial charge in [-0.05, 0) is 6.42 Å². The monoisotopic (exact) mass is 262 g/mol. The van der Waals surface area contributed by atoms with Crippen LogP contribution in [0.5, 0.6) is 0 Å². The number of rotatable bonds is 2. The van der Waals surface area contributed by atoms with Crippen LogP contribution in [0.2, 0.25) is 5.02 Å². The van der Waals surface area contributed by atoms with E-state index in [9.17, 15) is 8.42 Å². The molecular weight excluding hydrogens is 252 g/mol. The standard InChI is InChI=1S/C8H11ClN4O2S/c9-6-3-11-8(12-4-6)13-2-1-7(5-13)16(10,14)15/h3-4,7H,1-2,5H2,(H2,10,14,15)/t7-/m1/s1. The quantitative estimate of drug-likeness (QED) is 0.810. The lowest BCUT2D eigenvalue weighted by Crippen LogP contribution is -2.32. The van der Waals surface area contributed by atoms with Gasteiger partial charge in [-0.25, -0.2) is 23.5 Å². The number of aromatic nitrogens is 2. The van der Waals surface area contributed by atoms with Crippen molar-refractivity contribution in [2.75, 3.05) is 18.0 Å². The average Bonchev–Trinajstić information content (AvgIpc) is 2.67. The van der Waals surface area contributed by atoms with E-state index in [2.05, 4.69) is 9.97 Å². The van der Waals surface area contributed by atoms with Gasteiger partial charge in [0.25, 0.3) is 0 Å². The third kappa shape index (κ3) is 2.42. The predicted octanol–water partition coefficient (Wildman–Crippen LogP) is -0.00280. The van der Waals surface area contributed by atoms with Crippen LogP contribution < -0.4 is 10.0 Å². The molecule has 16 heavy (non-hydrogen) atoms. The zero-order valence-electron chi connectivity index (χ0n) is 8.38. The summed E-state index contributed by atoms with van der Waals surface area (Å²) in [5.74, 6) is 0.482. The van der Waals surface area contributed by atoms with E-state index in [4.69, 9.17) is 16.7 Å². The summed E-state index contributed by atoms with van der Waals surface area (Å²) < 4.78 is 22.3. The number of hydrogen-bond donors (Lipinski definition) is 1. The molecular formula is C8H11ClN4O2S. The van der Waals surface area contributed by atoms with Crippen molar-refractivity contribution in [1.82, 2.24) is 9.97 Å². The molecule has 1 aliphatic heterocycles. The summed E-state index contributed by atoms with van der Waals surface area (Å²) in [6, 6.07) is 0. The van der Waals surface area contributed by atoms with Gasteiger partial charge in [0.05, 0.1) is 22.7 Å². The first-order valence-corrected chi connectivity index (χ1v) is 6.69. The molecule has 0 radical (unpaired) electrons. The third-order valence-corrected chi connectivity index (χ3v) is 4.01. The molecule has 1 fully saturated rings. The molecule has 1 aromatic rings. The molecule has 0 amide bonds. The summed E-state index contributed by atoms with van der Waals surface area (Å²) in [7, 11) is -3.47. The Bertz CT molecular complexity index is 475. The van der Waals surface area contributed by atoms with Crippen LogP contribution in [0.3, 0.4) is 0 Å². The van der Waals surface area contributed by atoms with Gasteiger partial charge in [-0.3, -0.25) is 0 Å². The summed E-state index contributed by atoms with van der Waals surface area (Å²) in [5.41, 5.74) is 0. The molecule has 0 aromatic carbocycles. The molecule has 6 nitrogen and oxygen atoms in total. The lowest BCUT2D eigenvalue weighted by atomic mass is 10.4. The first kappa shape index (κ1) is 11.6. The van der Waals surface area contributed by atoms with Gasteiger partial charge in [0.1, 0.15) is 0 Å². The number of halogens is 1. The van der Waals surface area contributed by atoms with E-state index in [0.29, 0.717) is 30.5 Å². The maximum Gasteiger partial charge on any atom is 0.225 e. The van der Waals surface area contributed by atoms with Gasteiger partial charge in [-0.2, -0.15) is 0 Å². The number of nitrogens with two attached hydrogens (primary N) is 1. The SMILES string of the molecule is NS(=O)(=O)[C@@H]1CCN(c2ncc(Cl)cn2)C1. The highest BCUT2D eigenvalue weighted by molar-refractivity contribution is 7.89. The minimum absolute atomic E-state index is 0.334. The minimum atomic E-state index is -3.47. The zero-order chi connectivity index (χ0) is 11.8. The fourth-order valence-corrected chi connectivity index (χ4v) is 2.57. The van der Waals surface area contributed by atoms with Crippen molar-refractivity contribution < 1.29 is 8.42 Å². The van der Waals surface area contributed by atoms with E-state index < -0.39 is 15.3 Å². The van der Waals surface area contributed by atoms with Gasteiger partial charge < -0.3 is 4.90 Å². The normalized spacial score (nSPS) is 21.4. The number of anilines is 1. The second-order valence-electron chi connectivity index (χ2n) is 3.65. The summed E-state index contributed by atoms with van der Waals surface area (Å²) >= 11 is 5.66. The number of nitrogens with zero attached hydrogens (tertiary/aromatic N) is 3. The Hall–Kier alpha value is -0.920. The Morgan fingerprint density at radius 1 is 1.44 bits per heavy atom. The van der Waals surface area contributed by atoms with Crippen molar-refractivity contribution in [3.63, 3.8) is 0 Å². The Morgan fingerprint density at radius 2 is 2.06 bits per heavy atom. The molecule has 2 rings (SSSR count). The number of primary sulfonamides is 1. The fourth-order valence-electron chi connectivity index (χ4n) is 1.65. The first-order chi connectivity index (χ1) is 7.47. The smallest absolute Gasteiger partial charge is 0.225 e. The first-order valence-electron chi connectivity index (χ1n) is 4.71. The van der Waals surface area contributed by atoms with Crippen LogP contribution in [0.4, 0.5) is 5.95 Å². The number of hydrogen-bond acceptors (Lipinski definition) is 5. The van der Waals surface area contributed by atoms with Crippen LogP contribution >= 0.6 is 11.6 Å². The van der Waals surface area contributed by atoms with Crippen LogP contribution in [0.25, 0.3) is 0 Å². The molecule has 2 N–H and O–H groups in total. The Morgan fingerprint density at radius 3 is 2.56 bits per heavy atom. The van der Waals surface area contributed by atoms with Crippen LogP contribution in [-0.2, 0) is 10.0 Å². The van der Waals surface area contributed by atoms with E-state index in [1.54, 1.807) is 4.90 Å². The van der Waals surface area contributed by atoms with Gasteiger partial charge in [0, 0.05) is 13.1 Å². The number of sulfonamides is 1. The highest BCUT2D eigenvalue weighted by Crippen LogP contribution is 2.19. The molecule has 0 spiro atoms. The van der Waals surface area contributed by atoms with Gasteiger partial charge in [-0.1, -0.05) is 11.6 Å². The van der Waals surface area contributed by atoms with Crippen molar-refractivity contribution in [2.24, 2.45) is 5.14 Å². The molecule has 0 bridgehead atoms. The second-order valence-corrected chi connectivity index (χ2v) is 5.93. The topological polar surface area (TPSA) is 89.2 Å². The zero-order valence-corrected chi connectivity index (χ0v) is 9.95. The predicted molar refractivity (Wildman–Crippen MR) is 60.8 cm³/mol. The molecule has 2 heterocycles. The van der Waals surface area contributed by atoms with E-state index in [-0.39, 0.29) is 0 Å². The highest BCUT2D eigenvalue weighted by atomic mass is 35.5. The van der Waals surface area contributed by atoms with Crippen LogP contribution in [0, 0.1) is 0 Å². The van der Waals surface area contributed by atoms with Gasteiger partial charge in [0.15, 0.2) is 0 Å². The molecule has 0 aliphatic carbocycles. The lowest BCUT2D eigenvalue weighted by molar-refractivity contribution is 0.585. The molecule has 1 atom stereocenters.